The van der Waals surface area contributed by atoms with Gasteiger partial charge in [-0.15, -0.1) is 0 Å². The van der Waals surface area contributed by atoms with E-state index in [1.54, 1.807) is 25.3 Å². The Balaban J connectivity index is 3.14. The molecule has 1 aromatic rings. The van der Waals surface area contributed by atoms with Crippen LogP contribution in [0.2, 0.25) is 5.02 Å². The topological polar surface area (TPSA) is 52.3 Å². The fourth-order valence-electron chi connectivity index (χ4n) is 0.998. The summed E-state index contributed by atoms with van der Waals surface area (Å²) in [4.78, 5) is 10.9. The number of nitrogens with two attached hydrogens (primary N) is 1. The minimum absolute atomic E-state index is 0.181. The average molecular weight is 326 g/mol. The molecule has 0 saturated carbocycles. The van der Waals surface area contributed by atoms with E-state index in [2.05, 4.69) is 22.6 Å². The zero-order chi connectivity index (χ0) is 10.7. The number of primary amides is 1. The second-order valence-electron chi connectivity index (χ2n) is 2.65. The first kappa shape index (κ1) is 11.7. The molecule has 0 aliphatic carbocycles. The van der Waals surface area contributed by atoms with Crippen molar-refractivity contribution >= 4 is 40.1 Å². The number of carbonyl (C=O) groups is 1. The number of methoxy groups -OCH3 is 1. The van der Waals surface area contributed by atoms with Crippen molar-refractivity contribution in [2.24, 2.45) is 5.73 Å². The average Bonchev–Trinajstić information content (AvgIpc) is 2.17. The van der Waals surface area contributed by atoms with Crippen LogP contribution in [0.4, 0.5) is 0 Å². The van der Waals surface area contributed by atoms with Crippen molar-refractivity contribution in [3.8, 4) is 0 Å². The van der Waals surface area contributed by atoms with Crippen molar-refractivity contribution in [1.29, 1.82) is 0 Å². The van der Waals surface area contributed by atoms with E-state index in [-0.39, 0.29) is 4.11 Å². The van der Waals surface area contributed by atoms with Gasteiger partial charge in [-0.25, -0.2) is 0 Å². The van der Waals surface area contributed by atoms with Gasteiger partial charge < -0.3 is 10.5 Å². The quantitative estimate of drug-likeness (QED) is 0.686. The van der Waals surface area contributed by atoms with Crippen LogP contribution in [0.15, 0.2) is 18.2 Å². The van der Waals surface area contributed by atoms with Gasteiger partial charge in [0.25, 0.3) is 0 Å². The van der Waals surface area contributed by atoms with E-state index in [4.69, 9.17) is 22.1 Å². The molecular weight excluding hydrogens is 316 g/mol. The van der Waals surface area contributed by atoms with Crippen molar-refractivity contribution in [3.63, 3.8) is 0 Å². The number of halogens is 2. The van der Waals surface area contributed by atoms with E-state index in [1.165, 1.54) is 0 Å². The molecule has 1 rings (SSSR count). The van der Waals surface area contributed by atoms with Crippen LogP contribution in [0, 0.1) is 0 Å². The zero-order valence-corrected chi connectivity index (χ0v) is 10.4. The van der Waals surface area contributed by atoms with Crippen LogP contribution in [-0.2, 0) is 4.74 Å². The second-order valence-corrected chi connectivity index (χ2v) is 4.19. The molecule has 0 aliphatic rings. The summed E-state index contributed by atoms with van der Waals surface area (Å²) < 4.78 is 4.92. The summed E-state index contributed by atoms with van der Waals surface area (Å²) in [5.41, 5.74) is 6.34. The number of hydrogen-bond donors (Lipinski definition) is 1. The summed E-state index contributed by atoms with van der Waals surface area (Å²) in [6.45, 7) is 0. The maximum Gasteiger partial charge on any atom is 0.248 e. The van der Waals surface area contributed by atoms with Crippen LogP contribution in [0.25, 0.3) is 0 Å². The Morgan fingerprint density at radius 3 is 2.79 bits per heavy atom. The molecule has 1 amide bonds. The SMILES string of the molecule is COC(I)c1cc(C(N)=O)ccc1Cl. The number of alkyl halides is 1. The highest BCUT2D eigenvalue weighted by Crippen LogP contribution is 2.30. The molecule has 76 valence electrons. The van der Waals surface area contributed by atoms with E-state index in [0.717, 1.165) is 5.56 Å². The fourth-order valence-corrected chi connectivity index (χ4v) is 1.91. The highest BCUT2D eigenvalue weighted by molar-refractivity contribution is 14.1. The van der Waals surface area contributed by atoms with Crippen molar-refractivity contribution in [1.82, 2.24) is 0 Å². The number of benzene rings is 1. The van der Waals surface area contributed by atoms with Gasteiger partial charge in [-0.2, -0.15) is 0 Å². The van der Waals surface area contributed by atoms with Crippen molar-refractivity contribution in [3.05, 3.63) is 34.3 Å². The summed E-state index contributed by atoms with van der Waals surface area (Å²) in [5, 5.41) is 0.566. The van der Waals surface area contributed by atoms with Gasteiger partial charge >= 0.3 is 0 Å². The molecule has 0 fully saturated rings. The van der Waals surface area contributed by atoms with Gasteiger partial charge in [0, 0.05) is 23.3 Å². The van der Waals surface area contributed by atoms with Crippen LogP contribution < -0.4 is 5.73 Å². The third-order valence-corrected chi connectivity index (χ3v) is 3.26. The van der Waals surface area contributed by atoms with Gasteiger partial charge in [-0.3, -0.25) is 4.79 Å². The van der Waals surface area contributed by atoms with E-state index < -0.39 is 5.91 Å². The van der Waals surface area contributed by atoms with Gasteiger partial charge in [0.2, 0.25) is 5.91 Å². The molecule has 5 heteroatoms. The molecule has 0 radical (unpaired) electrons. The number of hydrogen-bond acceptors (Lipinski definition) is 2. The summed E-state index contributed by atoms with van der Waals surface area (Å²) in [6.07, 6.45) is 0. The molecule has 0 saturated heterocycles. The fraction of sp³-hybridized carbons (Fsp3) is 0.222. The van der Waals surface area contributed by atoms with E-state index in [0.29, 0.717) is 10.6 Å². The lowest BCUT2D eigenvalue weighted by molar-refractivity contribution is 0.1000. The molecule has 1 aromatic carbocycles. The molecule has 0 aliphatic heterocycles. The van der Waals surface area contributed by atoms with Gasteiger partial charge in [0.1, 0.15) is 4.11 Å². The highest BCUT2D eigenvalue weighted by atomic mass is 127. The monoisotopic (exact) mass is 325 g/mol. The Morgan fingerprint density at radius 1 is 1.64 bits per heavy atom. The van der Waals surface area contributed by atoms with Crippen LogP contribution >= 0.6 is 34.2 Å². The molecule has 2 N–H and O–H groups in total. The molecule has 0 aromatic heterocycles. The predicted molar refractivity (Wildman–Crippen MR) is 63.7 cm³/mol. The van der Waals surface area contributed by atoms with Gasteiger partial charge in [0.15, 0.2) is 0 Å². The Labute approximate surface area is 101 Å². The lowest BCUT2D eigenvalue weighted by Crippen LogP contribution is -2.11. The molecule has 1 unspecified atom stereocenters. The Bertz CT molecular complexity index is 357. The molecule has 14 heavy (non-hydrogen) atoms. The third kappa shape index (κ3) is 2.59. The van der Waals surface area contributed by atoms with Crippen LogP contribution in [-0.4, -0.2) is 13.0 Å². The molecular formula is C9H9ClINO2. The Morgan fingerprint density at radius 2 is 2.29 bits per heavy atom. The molecule has 0 bridgehead atoms. The molecule has 0 heterocycles. The highest BCUT2D eigenvalue weighted by Gasteiger charge is 2.12. The van der Waals surface area contributed by atoms with E-state index >= 15 is 0 Å². The minimum atomic E-state index is -0.470. The smallest absolute Gasteiger partial charge is 0.248 e. The number of ether oxygens (including phenoxy) is 1. The maximum absolute atomic E-state index is 10.9. The Hall–Kier alpha value is -0.330. The van der Waals surface area contributed by atoms with E-state index in [1.807, 2.05) is 0 Å². The zero-order valence-electron chi connectivity index (χ0n) is 7.46. The van der Waals surface area contributed by atoms with Crippen LogP contribution in [0.5, 0.6) is 0 Å². The third-order valence-electron chi connectivity index (χ3n) is 1.73. The molecule has 0 spiro atoms. The number of rotatable bonds is 3. The number of amides is 1. The first-order chi connectivity index (χ1) is 6.56. The predicted octanol–water partition coefficient (Wildman–Crippen LogP) is 2.52. The Kier molecular flexibility index (Phi) is 4.15. The standard InChI is InChI=1S/C9H9ClINO2/c1-14-8(11)6-4-5(9(12)13)2-3-7(6)10/h2-4,8H,1H3,(H2,12,13). The number of carbonyl (C=O) groups excluding carboxylic acids is 1. The largest absolute Gasteiger partial charge is 0.366 e. The van der Waals surface area contributed by atoms with Gasteiger partial charge in [0.05, 0.1) is 0 Å². The van der Waals surface area contributed by atoms with Gasteiger partial charge in [-0.05, 0) is 40.8 Å². The minimum Gasteiger partial charge on any atom is -0.366 e. The van der Waals surface area contributed by atoms with Crippen molar-refractivity contribution in [2.75, 3.05) is 7.11 Å². The lowest BCUT2D eigenvalue weighted by atomic mass is 10.1. The first-order valence-corrected chi connectivity index (χ1v) is 5.44. The van der Waals surface area contributed by atoms with Crippen LogP contribution in [0.1, 0.15) is 20.0 Å². The lowest BCUT2D eigenvalue weighted by Gasteiger charge is -2.10. The van der Waals surface area contributed by atoms with Crippen molar-refractivity contribution in [2.45, 2.75) is 4.11 Å². The summed E-state index contributed by atoms with van der Waals surface area (Å²) in [5.74, 6) is -0.470. The normalized spacial score (nSPS) is 12.5. The van der Waals surface area contributed by atoms with Crippen molar-refractivity contribution < 1.29 is 9.53 Å². The second kappa shape index (κ2) is 4.95. The first-order valence-electron chi connectivity index (χ1n) is 3.82. The maximum atomic E-state index is 10.9. The molecule has 1 atom stereocenters. The summed E-state index contributed by atoms with van der Waals surface area (Å²) in [6, 6.07) is 4.88. The van der Waals surface area contributed by atoms with Gasteiger partial charge in [-0.1, -0.05) is 11.6 Å². The summed E-state index contributed by atoms with van der Waals surface area (Å²) >= 11 is 8.02. The summed E-state index contributed by atoms with van der Waals surface area (Å²) in [7, 11) is 1.57. The van der Waals surface area contributed by atoms with E-state index in [9.17, 15) is 4.79 Å². The van der Waals surface area contributed by atoms with Crippen LogP contribution in [0.3, 0.4) is 0 Å². The molecule has 3 nitrogen and oxygen atoms in total.